The van der Waals surface area contributed by atoms with Gasteiger partial charge in [-0.25, -0.2) is 0 Å². The molecule has 0 aliphatic carbocycles. The molecule has 29 heavy (non-hydrogen) atoms. The molecule has 3 rings (SSSR count). The number of hydrogen-bond donors (Lipinski definition) is 2. The number of rotatable bonds is 6. The average Bonchev–Trinajstić information content (AvgIpc) is 3.04. The van der Waals surface area contributed by atoms with Gasteiger partial charge in [-0.2, -0.15) is 5.10 Å². The van der Waals surface area contributed by atoms with E-state index in [2.05, 4.69) is 20.8 Å². The summed E-state index contributed by atoms with van der Waals surface area (Å²) in [4.78, 5) is 24.3. The quantitative estimate of drug-likeness (QED) is 0.534. The van der Waals surface area contributed by atoms with Gasteiger partial charge in [0, 0.05) is 23.3 Å². The highest BCUT2D eigenvalue weighted by atomic mass is 35.5. The average molecular weight is 427 g/mol. The Morgan fingerprint density at radius 1 is 1.28 bits per heavy atom. The fourth-order valence-electron chi connectivity index (χ4n) is 2.48. The number of amidine groups is 1. The molecular weight excluding hydrogens is 408 g/mol. The zero-order chi connectivity index (χ0) is 20.6. The van der Waals surface area contributed by atoms with Crippen molar-refractivity contribution in [3.8, 4) is 0 Å². The molecule has 0 radical (unpaired) electrons. The molecule has 8 heteroatoms. The molecule has 148 valence electrons. The van der Waals surface area contributed by atoms with E-state index < -0.39 is 5.25 Å². The molecule has 2 aromatic carbocycles. The Labute approximate surface area is 178 Å². The molecule has 0 aromatic heterocycles. The van der Waals surface area contributed by atoms with Crippen molar-refractivity contribution in [3.05, 3.63) is 70.8 Å². The molecule has 1 heterocycles. The van der Waals surface area contributed by atoms with E-state index in [1.165, 1.54) is 18.0 Å². The maximum atomic E-state index is 12.2. The normalized spacial score (nSPS) is 17.9. The largest absolute Gasteiger partial charge is 0.326 e. The lowest BCUT2D eigenvalue weighted by Gasteiger charge is -2.08. The third kappa shape index (κ3) is 6.30. The number of hydrogen-bond acceptors (Lipinski definition) is 5. The van der Waals surface area contributed by atoms with Crippen LogP contribution in [0.1, 0.15) is 17.5 Å². The number of benzene rings is 2. The van der Waals surface area contributed by atoms with Crippen LogP contribution in [-0.2, 0) is 9.59 Å². The van der Waals surface area contributed by atoms with Crippen LogP contribution in [0.15, 0.2) is 64.8 Å². The summed E-state index contributed by atoms with van der Waals surface area (Å²) < 4.78 is 0. The number of aryl methyl sites for hydroxylation is 1. The first-order chi connectivity index (χ1) is 14.0. The van der Waals surface area contributed by atoms with Gasteiger partial charge in [-0.1, -0.05) is 65.8 Å². The molecule has 0 spiro atoms. The van der Waals surface area contributed by atoms with E-state index in [1.54, 1.807) is 18.2 Å². The fourth-order valence-corrected chi connectivity index (χ4v) is 3.58. The van der Waals surface area contributed by atoms with E-state index in [4.69, 9.17) is 11.6 Å². The standard InChI is InChI=1S/C21H19ClN4O2S/c1-14-9-10-16(12-17(14)22)24-19(27)13-18-20(28)25-21(29-18)26-23-11-5-8-15-6-3-2-4-7-15/h2-12,18H,13H2,1H3,(H,24,27)(H,25,26,28)/b8-5+,23-11-/t18-/m0/s1. The lowest BCUT2D eigenvalue weighted by molar-refractivity contribution is -0.122. The van der Waals surface area contributed by atoms with Crippen molar-refractivity contribution in [2.45, 2.75) is 18.6 Å². The molecule has 1 aliphatic rings. The second-order valence-corrected chi connectivity index (χ2v) is 7.85. The van der Waals surface area contributed by atoms with Gasteiger partial charge in [0.05, 0.1) is 0 Å². The number of thioether (sulfide) groups is 1. The zero-order valence-electron chi connectivity index (χ0n) is 15.6. The predicted octanol–water partition coefficient (Wildman–Crippen LogP) is 4.26. The van der Waals surface area contributed by atoms with Gasteiger partial charge in [0.2, 0.25) is 11.8 Å². The number of carbonyl (C=O) groups excluding carboxylic acids is 2. The maximum Gasteiger partial charge on any atom is 0.240 e. The molecular formula is C21H19ClN4O2S. The van der Waals surface area contributed by atoms with E-state index in [9.17, 15) is 9.59 Å². The van der Waals surface area contributed by atoms with E-state index >= 15 is 0 Å². The van der Waals surface area contributed by atoms with Gasteiger partial charge in [0.25, 0.3) is 0 Å². The van der Waals surface area contributed by atoms with Gasteiger partial charge < -0.3 is 10.6 Å². The summed E-state index contributed by atoms with van der Waals surface area (Å²) >= 11 is 7.24. The number of amides is 2. The number of nitrogens with one attached hydrogen (secondary N) is 2. The van der Waals surface area contributed by atoms with Crippen LogP contribution in [0.3, 0.4) is 0 Å². The number of nitrogens with zero attached hydrogens (tertiary/aromatic N) is 2. The summed E-state index contributed by atoms with van der Waals surface area (Å²) in [6.45, 7) is 1.88. The molecule has 6 nitrogen and oxygen atoms in total. The molecule has 1 aliphatic heterocycles. The van der Waals surface area contributed by atoms with Crippen molar-refractivity contribution in [1.29, 1.82) is 0 Å². The summed E-state index contributed by atoms with van der Waals surface area (Å²) in [6.07, 6.45) is 5.22. The van der Waals surface area contributed by atoms with Crippen LogP contribution in [-0.4, -0.2) is 28.4 Å². The molecule has 1 saturated heterocycles. The van der Waals surface area contributed by atoms with Crippen LogP contribution >= 0.6 is 23.4 Å². The third-order valence-electron chi connectivity index (χ3n) is 3.99. The summed E-state index contributed by atoms with van der Waals surface area (Å²) in [6, 6.07) is 15.1. The number of allylic oxidation sites excluding steroid dienone is 1. The molecule has 2 amide bonds. The first kappa shape index (κ1) is 20.8. The van der Waals surface area contributed by atoms with Crippen LogP contribution in [0.25, 0.3) is 6.08 Å². The van der Waals surface area contributed by atoms with E-state index in [0.29, 0.717) is 15.9 Å². The Balaban J connectivity index is 1.50. The lowest BCUT2D eigenvalue weighted by atomic mass is 10.2. The van der Waals surface area contributed by atoms with Crippen molar-refractivity contribution >= 4 is 58.3 Å². The van der Waals surface area contributed by atoms with Crippen LogP contribution < -0.4 is 10.6 Å². The van der Waals surface area contributed by atoms with E-state index in [1.807, 2.05) is 49.4 Å². The summed E-state index contributed by atoms with van der Waals surface area (Å²) in [5.74, 6) is -0.533. The minimum atomic E-state index is -0.551. The SMILES string of the molecule is Cc1ccc(NC(=O)C[C@@H]2S/C(=N/N=C\C=C\c3ccccc3)NC2=O)cc1Cl. The second kappa shape index (κ2) is 10.0. The van der Waals surface area contributed by atoms with Crippen molar-refractivity contribution < 1.29 is 9.59 Å². The number of carbonyl (C=O) groups is 2. The predicted molar refractivity (Wildman–Crippen MR) is 120 cm³/mol. The minimum Gasteiger partial charge on any atom is -0.326 e. The van der Waals surface area contributed by atoms with Crippen molar-refractivity contribution in [2.24, 2.45) is 10.2 Å². The van der Waals surface area contributed by atoms with E-state index in [0.717, 1.165) is 11.1 Å². The summed E-state index contributed by atoms with van der Waals surface area (Å²) in [7, 11) is 0. The maximum absolute atomic E-state index is 12.2. The van der Waals surface area contributed by atoms with Crippen LogP contribution in [0, 0.1) is 6.92 Å². The monoisotopic (exact) mass is 426 g/mol. The highest BCUT2D eigenvalue weighted by molar-refractivity contribution is 8.15. The fraction of sp³-hybridized carbons (Fsp3) is 0.143. The highest BCUT2D eigenvalue weighted by Gasteiger charge is 2.32. The number of anilines is 1. The van der Waals surface area contributed by atoms with Crippen LogP contribution in [0.2, 0.25) is 5.02 Å². The summed E-state index contributed by atoms with van der Waals surface area (Å²) in [5, 5.41) is 13.7. The van der Waals surface area contributed by atoms with E-state index in [-0.39, 0.29) is 18.2 Å². The zero-order valence-corrected chi connectivity index (χ0v) is 17.2. The molecule has 2 aromatic rings. The van der Waals surface area contributed by atoms with Crippen molar-refractivity contribution in [1.82, 2.24) is 5.32 Å². The van der Waals surface area contributed by atoms with Gasteiger partial charge in [-0.15, -0.1) is 5.10 Å². The van der Waals surface area contributed by atoms with Crippen molar-refractivity contribution in [2.75, 3.05) is 5.32 Å². The Hall–Kier alpha value is -2.90. The Morgan fingerprint density at radius 2 is 2.07 bits per heavy atom. The second-order valence-electron chi connectivity index (χ2n) is 6.25. The molecule has 1 fully saturated rings. The van der Waals surface area contributed by atoms with Crippen LogP contribution in [0.5, 0.6) is 0 Å². The Bertz CT molecular complexity index is 989. The van der Waals surface area contributed by atoms with Crippen molar-refractivity contribution in [3.63, 3.8) is 0 Å². The van der Waals surface area contributed by atoms with Crippen LogP contribution in [0.4, 0.5) is 5.69 Å². The van der Waals surface area contributed by atoms with Gasteiger partial charge in [0.15, 0.2) is 5.17 Å². The topological polar surface area (TPSA) is 82.9 Å². The molecule has 2 N–H and O–H groups in total. The molecule has 0 saturated carbocycles. The van der Waals surface area contributed by atoms with Gasteiger partial charge >= 0.3 is 0 Å². The lowest BCUT2D eigenvalue weighted by Crippen LogP contribution is -2.28. The van der Waals surface area contributed by atoms with Gasteiger partial charge in [-0.05, 0) is 36.3 Å². The smallest absolute Gasteiger partial charge is 0.240 e. The summed E-state index contributed by atoms with van der Waals surface area (Å²) in [5.41, 5.74) is 2.57. The molecule has 0 bridgehead atoms. The highest BCUT2D eigenvalue weighted by Crippen LogP contribution is 2.24. The molecule has 1 atom stereocenters. The Morgan fingerprint density at radius 3 is 2.83 bits per heavy atom. The third-order valence-corrected chi connectivity index (χ3v) is 5.47. The molecule has 0 unspecified atom stereocenters. The van der Waals surface area contributed by atoms with Gasteiger partial charge in [-0.3, -0.25) is 9.59 Å². The first-order valence-electron chi connectivity index (χ1n) is 8.87. The number of halogens is 1. The first-order valence-corrected chi connectivity index (χ1v) is 10.1. The Kier molecular flexibility index (Phi) is 7.21. The van der Waals surface area contributed by atoms with Gasteiger partial charge in [0.1, 0.15) is 5.25 Å². The minimum absolute atomic E-state index is 0.0264.